The molecule has 0 rings (SSSR count). The summed E-state index contributed by atoms with van der Waals surface area (Å²) < 4.78 is 16.3. The number of hydrogen-bond donors (Lipinski definition) is 2. The molecule has 0 saturated carbocycles. The highest BCUT2D eigenvalue weighted by Crippen LogP contribution is 1.98. The van der Waals surface area contributed by atoms with Crippen LogP contribution in [-0.4, -0.2) is 65.7 Å². The molecule has 1 amide bonds. The molecule has 0 fully saturated rings. The number of carbonyl (C=O) groups excluding carboxylic acids is 1. The zero-order valence-electron chi connectivity index (χ0n) is 15.0. The molecule has 0 aromatic rings. The lowest BCUT2D eigenvalue weighted by Crippen LogP contribution is -2.25. The van der Waals surface area contributed by atoms with Crippen LogP contribution in [0.5, 0.6) is 0 Å². The van der Waals surface area contributed by atoms with Crippen molar-refractivity contribution in [2.24, 2.45) is 0 Å². The fourth-order valence-corrected chi connectivity index (χ4v) is 1.92. The Morgan fingerprint density at radius 1 is 0.783 bits per heavy atom. The van der Waals surface area contributed by atoms with E-state index >= 15 is 0 Å². The topological polar surface area (TPSA) is 68.8 Å². The van der Waals surface area contributed by atoms with Gasteiger partial charge in [0, 0.05) is 26.2 Å². The van der Waals surface area contributed by atoms with E-state index in [-0.39, 0.29) is 5.91 Å². The Bertz CT molecular complexity index is 253. The predicted octanol–water partition coefficient (Wildman–Crippen LogP) is 1.73. The number of unbranched alkanes of at least 4 members (excludes halogenated alkanes) is 2. The minimum Gasteiger partial charge on any atom is -0.379 e. The van der Waals surface area contributed by atoms with Crippen LogP contribution in [0.4, 0.5) is 0 Å². The van der Waals surface area contributed by atoms with Crippen molar-refractivity contribution in [1.29, 1.82) is 0 Å². The van der Waals surface area contributed by atoms with E-state index in [2.05, 4.69) is 17.6 Å². The van der Waals surface area contributed by atoms with Crippen LogP contribution in [0.15, 0.2) is 0 Å². The molecule has 6 heteroatoms. The molecule has 0 spiro atoms. The zero-order valence-corrected chi connectivity index (χ0v) is 15.0. The minimum atomic E-state index is 0.150. The lowest BCUT2D eigenvalue weighted by Gasteiger charge is -2.07. The van der Waals surface area contributed by atoms with Gasteiger partial charge >= 0.3 is 0 Å². The van der Waals surface area contributed by atoms with Gasteiger partial charge in [-0.2, -0.15) is 0 Å². The maximum atomic E-state index is 11.4. The molecule has 138 valence electrons. The molecule has 0 aromatic carbocycles. The molecule has 0 aliphatic carbocycles. The standard InChI is InChI=1S/C17H36N2O4/c1-3-4-5-8-17(20)19-10-7-12-22-14-16-23-15-13-21-11-6-9-18-2/h18H,3-16H2,1-2H3,(H,19,20). The molecule has 23 heavy (non-hydrogen) atoms. The summed E-state index contributed by atoms with van der Waals surface area (Å²) in [6.07, 6.45) is 5.75. The van der Waals surface area contributed by atoms with Gasteiger partial charge in [-0.25, -0.2) is 0 Å². The number of carbonyl (C=O) groups is 1. The van der Waals surface area contributed by atoms with E-state index in [0.717, 1.165) is 45.3 Å². The largest absolute Gasteiger partial charge is 0.379 e. The van der Waals surface area contributed by atoms with Crippen molar-refractivity contribution in [3.63, 3.8) is 0 Å². The van der Waals surface area contributed by atoms with E-state index in [4.69, 9.17) is 14.2 Å². The first-order valence-corrected chi connectivity index (χ1v) is 8.95. The quantitative estimate of drug-likeness (QED) is 0.374. The summed E-state index contributed by atoms with van der Waals surface area (Å²) in [4.78, 5) is 11.4. The van der Waals surface area contributed by atoms with Gasteiger partial charge in [0.25, 0.3) is 0 Å². The lowest BCUT2D eigenvalue weighted by molar-refractivity contribution is -0.121. The van der Waals surface area contributed by atoms with Crippen molar-refractivity contribution in [2.75, 3.05) is 59.8 Å². The third-order valence-electron chi connectivity index (χ3n) is 3.25. The van der Waals surface area contributed by atoms with Crippen molar-refractivity contribution >= 4 is 5.91 Å². The number of hydrogen-bond acceptors (Lipinski definition) is 5. The first kappa shape index (κ1) is 22.3. The average Bonchev–Trinajstić information content (AvgIpc) is 2.55. The maximum absolute atomic E-state index is 11.4. The SMILES string of the molecule is CCCCCC(=O)NCCCOCCOCCOCCCNC. The van der Waals surface area contributed by atoms with Gasteiger partial charge < -0.3 is 24.8 Å². The molecule has 6 nitrogen and oxygen atoms in total. The molecule has 0 saturated heterocycles. The zero-order chi connectivity index (χ0) is 17.0. The average molecular weight is 332 g/mol. The number of amides is 1. The fourth-order valence-electron chi connectivity index (χ4n) is 1.92. The molecule has 0 heterocycles. The van der Waals surface area contributed by atoms with Crippen molar-refractivity contribution < 1.29 is 19.0 Å². The highest BCUT2D eigenvalue weighted by Gasteiger charge is 1.99. The highest BCUT2D eigenvalue weighted by atomic mass is 16.5. The molecule has 0 aliphatic rings. The Balaban J connectivity index is 3.06. The maximum Gasteiger partial charge on any atom is 0.219 e. The van der Waals surface area contributed by atoms with Crippen molar-refractivity contribution in [2.45, 2.75) is 45.4 Å². The first-order valence-electron chi connectivity index (χ1n) is 8.95. The van der Waals surface area contributed by atoms with E-state index < -0.39 is 0 Å². The minimum absolute atomic E-state index is 0.150. The molecule has 0 atom stereocenters. The van der Waals surface area contributed by atoms with E-state index in [1.54, 1.807) is 0 Å². The van der Waals surface area contributed by atoms with Crippen molar-refractivity contribution in [3.05, 3.63) is 0 Å². The van der Waals surface area contributed by atoms with E-state index in [1.165, 1.54) is 0 Å². The second-order valence-electron chi connectivity index (χ2n) is 5.45. The van der Waals surface area contributed by atoms with Crippen molar-refractivity contribution in [1.82, 2.24) is 10.6 Å². The van der Waals surface area contributed by atoms with Crippen LogP contribution in [0.25, 0.3) is 0 Å². The van der Waals surface area contributed by atoms with Crippen LogP contribution < -0.4 is 10.6 Å². The van der Waals surface area contributed by atoms with Crippen molar-refractivity contribution in [3.8, 4) is 0 Å². The second kappa shape index (κ2) is 19.4. The van der Waals surface area contributed by atoms with Gasteiger partial charge in [0.2, 0.25) is 5.91 Å². The predicted molar refractivity (Wildman–Crippen MR) is 92.8 cm³/mol. The van der Waals surface area contributed by atoms with E-state index in [9.17, 15) is 4.79 Å². The first-order chi connectivity index (χ1) is 11.3. The molecule has 0 aromatic heterocycles. The summed E-state index contributed by atoms with van der Waals surface area (Å²) in [7, 11) is 1.94. The van der Waals surface area contributed by atoms with Crippen LogP contribution in [0, 0.1) is 0 Å². The smallest absolute Gasteiger partial charge is 0.219 e. The Labute approximate surface area is 141 Å². The van der Waals surface area contributed by atoms with Crippen LogP contribution in [0.3, 0.4) is 0 Å². The molecule has 0 bridgehead atoms. The highest BCUT2D eigenvalue weighted by molar-refractivity contribution is 5.75. The Morgan fingerprint density at radius 2 is 1.35 bits per heavy atom. The summed E-state index contributed by atoms with van der Waals surface area (Å²) >= 11 is 0. The van der Waals surface area contributed by atoms with Gasteiger partial charge in [0.1, 0.15) is 0 Å². The number of ether oxygens (including phenoxy) is 3. The lowest BCUT2D eigenvalue weighted by atomic mass is 10.2. The van der Waals surface area contributed by atoms with E-state index in [0.29, 0.717) is 46.0 Å². The Kier molecular flexibility index (Phi) is 18.8. The summed E-state index contributed by atoms with van der Waals surface area (Å²) in [5, 5.41) is 5.98. The second-order valence-corrected chi connectivity index (χ2v) is 5.45. The molecule has 0 aliphatic heterocycles. The van der Waals surface area contributed by atoms with Gasteiger partial charge in [-0.3, -0.25) is 4.79 Å². The van der Waals surface area contributed by atoms with Crippen LogP contribution >= 0.6 is 0 Å². The van der Waals surface area contributed by atoms with Crippen LogP contribution in [-0.2, 0) is 19.0 Å². The summed E-state index contributed by atoms with van der Waals surface area (Å²) in [6, 6.07) is 0. The Morgan fingerprint density at radius 3 is 1.91 bits per heavy atom. The number of nitrogens with one attached hydrogen (secondary N) is 2. The van der Waals surface area contributed by atoms with Gasteiger partial charge in [0.15, 0.2) is 0 Å². The fraction of sp³-hybridized carbons (Fsp3) is 0.941. The summed E-state index contributed by atoms with van der Waals surface area (Å²) in [6.45, 7) is 7.64. The van der Waals surface area contributed by atoms with E-state index in [1.807, 2.05) is 7.05 Å². The molecule has 2 N–H and O–H groups in total. The number of rotatable bonds is 18. The Hall–Kier alpha value is -0.690. The third-order valence-corrected chi connectivity index (χ3v) is 3.25. The molecular formula is C17H36N2O4. The summed E-state index contributed by atoms with van der Waals surface area (Å²) in [5.41, 5.74) is 0. The van der Waals surface area contributed by atoms with Crippen LogP contribution in [0.1, 0.15) is 45.4 Å². The monoisotopic (exact) mass is 332 g/mol. The summed E-state index contributed by atoms with van der Waals surface area (Å²) in [5.74, 6) is 0.150. The van der Waals surface area contributed by atoms with Gasteiger partial charge in [-0.05, 0) is 32.9 Å². The van der Waals surface area contributed by atoms with Gasteiger partial charge in [-0.15, -0.1) is 0 Å². The van der Waals surface area contributed by atoms with Gasteiger partial charge in [0.05, 0.1) is 26.4 Å². The molecule has 0 unspecified atom stereocenters. The third kappa shape index (κ3) is 19.3. The molecule has 0 radical (unpaired) electrons. The van der Waals surface area contributed by atoms with Crippen LogP contribution in [0.2, 0.25) is 0 Å². The molecular weight excluding hydrogens is 296 g/mol. The normalized spacial score (nSPS) is 10.9. The van der Waals surface area contributed by atoms with Gasteiger partial charge in [-0.1, -0.05) is 19.8 Å².